The summed E-state index contributed by atoms with van der Waals surface area (Å²) in [6, 6.07) is 0. The molecular formula is C13H29NO. The molecule has 0 aromatic heterocycles. The van der Waals surface area contributed by atoms with E-state index in [1.807, 2.05) is 0 Å². The van der Waals surface area contributed by atoms with Crippen molar-refractivity contribution in [3.05, 3.63) is 0 Å². The zero-order valence-corrected chi connectivity index (χ0v) is 11.4. The average Bonchev–Trinajstić information content (AvgIpc) is 2.19. The molecule has 2 unspecified atom stereocenters. The van der Waals surface area contributed by atoms with Gasteiger partial charge in [0.25, 0.3) is 0 Å². The zero-order valence-electron chi connectivity index (χ0n) is 11.4. The molecule has 0 fully saturated rings. The van der Waals surface area contributed by atoms with Crippen molar-refractivity contribution in [3.63, 3.8) is 0 Å². The highest BCUT2D eigenvalue weighted by atomic mass is 16.3. The van der Waals surface area contributed by atoms with Gasteiger partial charge in [0, 0.05) is 5.54 Å². The molecule has 92 valence electrons. The summed E-state index contributed by atoms with van der Waals surface area (Å²) in [4.78, 5) is 2.19. The smallest absolute Gasteiger partial charge is 0.0725 e. The number of rotatable bonds is 7. The molecule has 1 N–H and O–H groups in total. The molecule has 0 saturated heterocycles. The summed E-state index contributed by atoms with van der Waals surface area (Å²) in [5.41, 5.74) is -0.0383. The third-order valence-corrected chi connectivity index (χ3v) is 4.06. The van der Waals surface area contributed by atoms with Gasteiger partial charge in [-0.2, -0.15) is 0 Å². The maximum Gasteiger partial charge on any atom is 0.0725 e. The second-order valence-electron chi connectivity index (χ2n) is 4.97. The van der Waals surface area contributed by atoms with E-state index in [9.17, 15) is 5.11 Å². The van der Waals surface area contributed by atoms with Crippen molar-refractivity contribution >= 4 is 0 Å². The van der Waals surface area contributed by atoms with Crippen LogP contribution in [-0.4, -0.2) is 35.7 Å². The maximum absolute atomic E-state index is 10.4. The molecule has 0 bridgehead atoms. The minimum Gasteiger partial charge on any atom is -0.391 e. The van der Waals surface area contributed by atoms with Crippen molar-refractivity contribution in [2.24, 2.45) is 5.92 Å². The molecule has 0 heterocycles. The number of hydrogen-bond acceptors (Lipinski definition) is 2. The molecule has 15 heavy (non-hydrogen) atoms. The van der Waals surface area contributed by atoms with Crippen molar-refractivity contribution in [3.8, 4) is 0 Å². The highest BCUT2D eigenvalue weighted by Gasteiger charge is 2.36. The molecule has 0 aromatic rings. The molecule has 0 amide bonds. The summed E-state index contributed by atoms with van der Waals surface area (Å²) < 4.78 is 0. The number of aliphatic hydroxyl groups is 1. The minimum atomic E-state index is -0.211. The number of hydrogen-bond donors (Lipinski definition) is 1. The first-order valence-corrected chi connectivity index (χ1v) is 6.30. The van der Waals surface area contributed by atoms with Crippen LogP contribution in [0.3, 0.4) is 0 Å². The van der Waals surface area contributed by atoms with Crippen molar-refractivity contribution < 1.29 is 5.11 Å². The lowest BCUT2D eigenvalue weighted by molar-refractivity contribution is -0.0251. The van der Waals surface area contributed by atoms with E-state index in [1.165, 1.54) is 0 Å². The van der Waals surface area contributed by atoms with Gasteiger partial charge in [-0.05, 0) is 39.3 Å². The maximum atomic E-state index is 10.4. The SMILES string of the molecule is CCC(C)CC(O)C(CC)(CC)N(C)C. The van der Waals surface area contributed by atoms with Crippen LogP contribution in [0.2, 0.25) is 0 Å². The molecule has 0 radical (unpaired) electrons. The largest absolute Gasteiger partial charge is 0.391 e. The summed E-state index contributed by atoms with van der Waals surface area (Å²) in [6.45, 7) is 8.74. The molecule has 0 saturated carbocycles. The van der Waals surface area contributed by atoms with Gasteiger partial charge in [0.1, 0.15) is 0 Å². The Labute approximate surface area is 95.7 Å². The first-order valence-electron chi connectivity index (χ1n) is 6.30. The summed E-state index contributed by atoms with van der Waals surface area (Å²) in [5.74, 6) is 0.609. The fourth-order valence-corrected chi connectivity index (χ4v) is 2.42. The van der Waals surface area contributed by atoms with Crippen LogP contribution in [0.4, 0.5) is 0 Å². The third-order valence-electron chi connectivity index (χ3n) is 4.06. The molecule has 0 aromatic carbocycles. The fraction of sp³-hybridized carbons (Fsp3) is 1.00. The summed E-state index contributed by atoms with van der Waals surface area (Å²) in [6.07, 6.45) is 3.87. The van der Waals surface area contributed by atoms with E-state index in [0.717, 1.165) is 25.7 Å². The highest BCUT2D eigenvalue weighted by Crippen LogP contribution is 2.29. The molecule has 0 spiro atoms. The molecule has 0 rings (SSSR count). The van der Waals surface area contributed by atoms with E-state index in [4.69, 9.17) is 0 Å². The van der Waals surface area contributed by atoms with Crippen LogP contribution in [0.1, 0.15) is 53.4 Å². The van der Waals surface area contributed by atoms with Gasteiger partial charge in [-0.1, -0.05) is 34.1 Å². The van der Waals surface area contributed by atoms with Gasteiger partial charge >= 0.3 is 0 Å². The topological polar surface area (TPSA) is 23.5 Å². The molecule has 0 aliphatic heterocycles. The molecule has 0 aliphatic carbocycles. The predicted molar refractivity (Wildman–Crippen MR) is 67.1 cm³/mol. The van der Waals surface area contributed by atoms with E-state index in [1.54, 1.807) is 0 Å². The Bertz CT molecular complexity index is 164. The Kier molecular flexibility index (Phi) is 6.46. The third kappa shape index (κ3) is 3.46. The minimum absolute atomic E-state index is 0.0383. The van der Waals surface area contributed by atoms with Gasteiger partial charge in [0.2, 0.25) is 0 Å². The average molecular weight is 215 g/mol. The van der Waals surface area contributed by atoms with Crippen molar-refractivity contribution in [1.29, 1.82) is 0 Å². The van der Waals surface area contributed by atoms with Crippen LogP contribution in [0.5, 0.6) is 0 Å². The van der Waals surface area contributed by atoms with Crippen LogP contribution in [-0.2, 0) is 0 Å². The van der Waals surface area contributed by atoms with E-state index >= 15 is 0 Å². The molecule has 2 nitrogen and oxygen atoms in total. The molecule has 2 heteroatoms. The van der Waals surface area contributed by atoms with Gasteiger partial charge in [-0.3, -0.25) is 0 Å². The summed E-state index contributed by atoms with van der Waals surface area (Å²) in [5, 5.41) is 10.4. The van der Waals surface area contributed by atoms with Crippen LogP contribution in [0.15, 0.2) is 0 Å². The van der Waals surface area contributed by atoms with Gasteiger partial charge in [-0.25, -0.2) is 0 Å². The fourth-order valence-electron chi connectivity index (χ4n) is 2.42. The zero-order chi connectivity index (χ0) is 12.1. The Balaban J connectivity index is 4.61. The second kappa shape index (κ2) is 6.49. The van der Waals surface area contributed by atoms with Crippen molar-refractivity contribution in [2.75, 3.05) is 14.1 Å². The van der Waals surface area contributed by atoms with E-state index in [-0.39, 0.29) is 11.6 Å². The van der Waals surface area contributed by atoms with E-state index < -0.39 is 0 Å². The van der Waals surface area contributed by atoms with Crippen LogP contribution in [0, 0.1) is 5.92 Å². The van der Waals surface area contributed by atoms with E-state index in [0.29, 0.717) is 5.92 Å². The van der Waals surface area contributed by atoms with Gasteiger partial charge in [-0.15, -0.1) is 0 Å². The monoisotopic (exact) mass is 215 g/mol. The number of aliphatic hydroxyl groups excluding tert-OH is 1. The summed E-state index contributed by atoms with van der Waals surface area (Å²) >= 11 is 0. The normalized spacial score (nSPS) is 16.8. The molecular weight excluding hydrogens is 186 g/mol. The van der Waals surface area contributed by atoms with Crippen molar-refractivity contribution in [1.82, 2.24) is 4.90 Å². The lowest BCUT2D eigenvalue weighted by Gasteiger charge is -2.43. The quantitative estimate of drug-likeness (QED) is 0.706. The highest BCUT2D eigenvalue weighted by molar-refractivity contribution is 4.92. The van der Waals surface area contributed by atoms with E-state index in [2.05, 4.69) is 46.7 Å². The van der Waals surface area contributed by atoms with Crippen molar-refractivity contribution in [2.45, 2.75) is 65.0 Å². The van der Waals surface area contributed by atoms with Gasteiger partial charge in [0.15, 0.2) is 0 Å². The van der Waals surface area contributed by atoms with Crippen LogP contribution >= 0.6 is 0 Å². The van der Waals surface area contributed by atoms with Gasteiger partial charge < -0.3 is 10.0 Å². The van der Waals surface area contributed by atoms with Crippen LogP contribution in [0.25, 0.3) is 0 Å². The van der Waals surface area contributed by atoms with Crippen LogP contribution < -0.4 is 0 Å². The number of nitrogens with zero attached hydrogens (tertiary/aromatic N) is 1. The Morgan fingerprint density at radius 2 is 1.60 bits per heavy atom. The molecule has 0 aliphatic rings. The first kappa shape index (κ1) is 14.9. The lowest BCUT2D eigenvalue weighted by atomic mass is 9.81. The predicted octanol–water partition coefficient (Wildman–Crippen LogP) is 2.90. The standard InChI is InChI=1S/C13H29NO/c1-7-11(4)10-12(15)13(8-2,9-3)14(5)6/h11-12,15H,7-10H2,1-6H3. The Morgan fingerprint density at radius 3 is 1.87 bits per heavy atom. The first-order chi connectivity index (χ1) is 6.94. The Hall–Kier alpha value is -0.0800. The molecule has 2 atom stereocenters. The second-order valence-corrected chi connectivity index (χ2v) is 4.97. The number of likely N-dealkylation sites (N-methyl/N-ethyl adjacent to an activating group) is 1. The summed E-state index contributed by atoms with van der Waals surface area (Å²) in [7, 11) is 4.15. The Morgan fingerprint density at radius 1 is 1.13 bits per heavy atom. The lowest BCUT2D eigenvalue weighted by Crippen LogP contribution is -2.53. The van der Waals surface area contributed by atoms with Gasteiger partial charge in [0.05, 0.1) is 6.10 Å².